The Bertz CT molecular complexity index is 989. The van der Waals surface area contributed by atoms with Crippen LogP contribution in [0.2, 0.25) is 0 Å². The topological polar surface area (TPSA) is 177 Å². The third-order valence-corrected chi connectivity index (χ3v) is 5.15. The van der Waals surface area contributed by atoms with E-state index >= 15 is 0 Å². The maximum Gasteiger partial charge on any atom is 0.408 e. The standard InChI is InChI=1S/C25H38N4O8/c1-7-36-19(31)13-14-27-22(33)20(16-10-8-9-15(2)21(16)32)29(6)23(34)17(11-12-18(26)30)28-24(35)37-25(3,4)5/h8-10,17,20,32H,7,11-14H2,1-6H3,(H2,26,30)(H,27,33)(H,28,35). The number of nitrogens with two attached hydrogens (primary N) is 1. The second kappa shape index (κ2) is 14.0. The number of para-hydroxylation sites is 1. The molecule has 37 heavy (non-hydrogen) atoms. The Kier molecular flexibility index (Phi) is 11.8. The summed E-state index contributed by atoms with van der Waals surface area (Å²) in [5.41, 5.74) is 5.00. The summed E-state index contributed by atoms with van der Waals surface area (Å²) in [5, 5.41) is 15.7. The molecule has 12 nitrogen and oxygen atoms in total. The first-order chi connectivity index (χ1) is 17.2. The van der Waals surface area contributed by atoms with Crippen molar-refractivity contribution in [2.45, 2.75) is 71.6 Å². The zero-order valence-electron chi connectivity index (χ0n) is 22.3. The van der Waals surface area contributed by atoms with Gasteiger partial charge in [0, 0.05) is 25.6 Å². The summed E-state index contributed by atoms with van der Waals surface area (Å²) in [4.78, 5) is 63.2. The van der Waals surface area contributed by atoms with Crippen molar-refractivity contribution < 1.29 is 38.6 Å². The third-order valence-electron chi connectivity index (χ3n) is 5.15. The molecule has 4 amide bonds. The third kappa shape index (κ3) is 10.4. The number of phenols is 1. The SMILES string of the molecule is CCOC(=O)CCNC(=O)C(c1cccc(C)c1O)N(C)C(=O)C(CCC(N)=O)NC(=O)OC(C)(C)C. The van der Waals surface area contributed by atoms with Gasteiger partial charge in [-0.2, -0.15) is 0 Å². The highest BCUT2D eigenvalue weighted by Gasteiger charge is 2.35. The summed E-state index contributed by atoms with van der Waals surface area (Å²) in [6.07, 6.45) is -1.34. The second-order valence-electron chi connectivity index (χ2n) is 9.41. The van der Waals surface area contributed by atoms with E-state index in [0.29, 0.717) is 5.56 Å². The molecule has 0 bridgehead atoms. The number of phenolic OH excluding ortho intramolecular Hbond substituents is 1. The number of carbonyl (C=O) groups excluding carboxylic acids is 5. The minimum absolute atomic E-state index is 0.0654. The maximum atomic E-state index is 13.5. The molecule has 5 N–H and O–H groups in total. The molecule has 0 aromatic heterocycles. The highest BCUT2D eigenvalue weighted by molar-refractivity contribution is 5.92. The first-order valence-corrected chi connectivity index (χ1v) is 11.9. The van der Waals surface area contributed by atoms with Gasteiger partial charge in [-0.05, 0) is 46.6 Å². The summed E-state index contributed by atoms with van der Waals surface area (Å²) < 4.78 is 10.1. The van der Waals surface area contributed by atoms with Crippen LogP contribution in [-0.2, 0) is 28.7 Å². The van der Waals surface area contributed by atoms with Crippen LogP contribution >= 0.6 is 0 Å². The number of hydrogen-bond donors (Lipinski definition) is 4. The zero-order valence-corrected chi connectivity index (χ0v) is 22.3. The van der Waals surface area contributed by atoms with Crippen molar-refractivity contribution in [2.24, 2.45) is 5.73 Å². The fourth-order valence-corrected chi connectivity index (χ4v) is 3.41. The molecule has 0 aliphatic rings. The van der Waals surface area contributed by atoms with Crippen LogP contribution in [0.5, 0.6) is 5.75 Å². The number of aryl methyl sites for hydroxylation is 1. The molecular weight excluding hydrogens is 484 g/mol. The van der Waals surface area contributed by atoms with Crippen LogP contribution in [0.25, 0.3) is 0 Å². The molecule has 0 heterocycles. The minimum Gasteiger partial charge on any atom is -0.507 e. The summed E-state index contributed by atoms with van der Waals surface area (Å²) >= 11 is 0. The molecule has 206 valence electrons. The molecule has 2 unspecified atom stereocenters. The van der Waals surface area contributed by atoms with Crippen LogP contribution in [0.15, 0.2) is 18.2 Å². The Balaban J connectivity index is 3.28. The molecule has 1 rings (SSSR count). The Labute approximate surface area is 216 Å². The van der Waals surface area contributed by atoms with Crippen molar-refractivity contribution in [3.63, 3.8) is 0 Å². The summed E-state index contributed by atoms with van der Waals surface area (Å²) in [6, 6.07) is 2.16. The van der Waals surface area contributed by atoms with E-state index in [1.54, 1.807) is 46.8 Å². The van der Waals surface area contributed by atoms with E-state index in [-0.39, 0.29) is 43.7 Å². The molecule has 1 aromatic carbocycles. The van der Waals surface area contributed by atoms with Crippen LogP contribution in [0.3, 0.4) is 0 Å². The van der Waals surface area contributed by atoms with Gasteiger partial charge in [0.05, 0.1) is 13.0 Å². The normalized spacial score (nSPS) is 12.6. The van der Waals surface area contributed by atoms with Crippen molar-refractivity contribution >= 4 is 29.8 Å². The number of carbonyl (C=O) groups is 5. The van der Waals surface area contributed by atoms with Crippen molar-refractivity contribution in [2.75, 3.05) is 20.2 Å². The summed E-state index contributed by atoms with van der Waals surface area (Å²) in [5.74, 6) is -2.78. The highest BCUT2D eigenvalue weighted by atomic mass is 16.6. The summed E-state index contributed by atoms with van der Waals surface area (Å²) in [6.45, 7) is 8.37. The molecule has 12 heteroatoms. The number of nitrogens with zero attached hydrogens (tertiary/aromatic N) is 1. The largest absolute Gasteiger partial charge is 0.507 e. The molecule has 0 fully saturated rings. The number of amides is 4. The van der Waals surface area contributed by atoms with Gasteiger partial charge < -0.3 is 35.8 Å². The van der Waals surface area contributed by atoms with Crippen molar-refractivity contribution in [1.82, 2.24) is 15.5 Å². The van der Waals surface area contributed by atoms with E-state index in [0.717, 1.165) is 4.90 Å². The van der Waals surface area contributed by atoms with Gasteiger partial charge >= 0.3 is 12.1 Å². The number of benzene rings is 1. The molecule has 2 atom stereocenters. The number of alkyl carbamates (subject to hydrolysis) is 1. The molecular formula is C25H38N4O8. The smallest absolute Gasteiger partial charge is 0.408 e. The number of rotatable bonds is 12. The van der Waals surface area contributed by atoms with Gasteiger partial charge in [-0.1, -0.05) is 18.2 Å². The van der Waals surface area contributed by atoms with Gasteiger partial charge in [-0.3, -0.25) is 19.2 Å². The quantitative estimate of drug-likeness (QED) is 0.298. The Morgan fingerprint density at radius 2 is 1.78 bits per heavy atom. The Morgan fingerprint density at radius 1 is 1.14 bits per heavy atom. The van der Waals surface area contributed by atoms with E-state index in [9.17, 15) is 29.1 Å². The lowest BCUT2D eigenvalue weighted by atomic mass is 9.99. The fraction of sp³-hybridized carbons (Fsp3) is 0.560. The Morgan fingerprint density at radius 3 is 2.35 bits per heavy atom. The van der Waals surface area contributed by atoms with Gasteiger partial charge in [0.15, 0.2) is 0 Å². The minimum atomic E-state index is -1.33. The number of likely N-dealkylation sites (N-methyl/N-ethyl adjacent to an activating group) is 1. The number of primary amides is 1. The van der Waals surface area contributed by atoms with E-state index in [1.165, 1.54) is 13.1 Å². The average Bonchev–Trinajstić information content (AvgIpc) is 2.77. The van der Waals surface area contributed by atoms with Gasteiger partial charge in [-0.25, -0.2) is 4.79 Å². The lowest BCUT2D eigenvalue weighted by Gasteiger charge is -2.32. The molecule has 0 spiro atoms. The number of aromatic hydroxyl groups is 1. The first-order valence-electron chi connectivity index (χ1n) is 11.9. The number of nitrogens with one attached hydrogen (secondary N) is 2. The van der Waals surface area contributed by atoms with Crippen molar-refractivity contribution in [3.05, 3.63) is 29.3 Å². The Hall–Kier alpha value is -3.83. The van der Waals surface area contributed by atoms with E-state index in [4.69, 9.17) is 15.2 Å². The molecule has 0 aliphatic heterocycles. The van der Waals surface area contributed by atoms with Crippen molar-refractivity contribution in [1.29, 1.82) is 0 Å². The molecule has 0 saturated heterocycles. The van der Waals surface area contributed by atoms with Crippen LogP contribution < -0.4 is 16.4 Å². The number of ether oxygens (including phenoxy) is 2. The molecule has 0 saturated carbocycles. The van der Waals surface area contributed by atoms with Crippen LogP contribution in [0.1, 0.15) is 64.1 Å². The fourth-order valence-electron chi connectivity index (χ4n) is 3.41. The van der Waals surface area contributed by atoms with Crippen LogP contribution in [0, 0.1) is 6.92 Å². The average molecular weight is 523 g/mol. The predicted octanol–water partition coefficient (Wildman–Crippen LogP) is 1.43. The van der Waals surface area contributed by atoms with E-state index in [2.05, 4.69) is 10.6 Å². The van der Waals surface area contributed by atoms with Gasteiger partial charge in [0.1, 0.15) is 23.4 Å². The second-order valence-corrected chi connectivity index (χ2v) is 9.41. The van der Waals surface area contributed by atoms with Crippen molar-refractivity contribution in [3.8, 4) is 5.75 Å². The van der Waals surface area contributed by atoms with Gasteiger partial charge in [-0.15, -0.1) is 0 Å². The lowest BCUT2D eigenvalue weighted by molar-refractivity contribution is -0.144. The molecule has 1 aromatic rings. The van der Waals surface area contributed by atoms with Crippen LogP contribution in [-0.4, -0.2) is 71.6 Å². The summed E-state index contributed by atoms with van der Waals surface area (Å²) in [7, 11) is 1.33. The predicted molar refractivity (Wildman–Crippen MR) is 134 cm³/mol. The number of esters is 1. The molecule has 0 aliphatic carbocycles. The van der Waals surface area contributed by atoms with Gasteiger partial charge in [0.2, 0.25) is 17.7 Å². The van der Waals surface area contributed by atoms with E-state index in [1.807, 2.05) is 0 Å². The molecule has 0 radical (unpaired) electrons. The van der Waals surface area contributed by atoms with E-state index < -0.39 is 47.5 Å². The zero-order chi connectivity index (χ0) is 28.3. The van der Waals surface area contributed by atoms with Gasteiger partial charge in [0.25, 0.3) is 0 Å². The maximum absolute atomic E-state index is 13.5. The van der Waals surface area contributed by atoms with Crippen LogP contribution in [0.4, 0.5) is 4.79 Å². The lowest BCUT2D eigenvalue weighted by Crippen LogP contribution is -2.52. The number of hydrogen-bond acceptors (Lipinski definition) is 8. The highest BCUT2D eigenvalue weighted by Crippen LogP contribution is 2.31. The first kappa shape index (κ1) is 31.2. The monoisotopic (exact) mass is 522 g/mol.